The molecule has 2 aromatic rings. The van der Waals surface area contributed by atoms with Crippen LogP contribution in [0, 0.1) is 11.6 Å². The van der Waals surface area contributed by atoms with Crippen LogP contribution in [0.5, 0.6) is 0 Å². The smallest absolute Gasteiger partial charge is 0.129 e. The van der Waals surface area contributed by atoms with Crippen molar-refractivity contribution < 1.29 is 13.9 Å². The maximum Gasteiger partial charge on any atom is 0.129 e. The van der Waals surface area contributed by atoms with E-state index >= 15 is 0 Å². The first kappa shape index (κ1) is 12.7. The van der Waals surface area contributed by atoms with Gasteiger partial charge in [0.05, 0.1) is 5.60 Å². The van der Waals surface area contributed by atoms with Crippen LogP contribution in [0.3, 0.4) is 0 Å². The zero-order chi connectivity index (χ0) is 13.2. The molecule has 0 spiro atoms. The fourth-order valence-corrected chi connectivity index (χ4v) is 1.94. The minimum absolute atomic E-state index is 0.100. The number of aliphatic hydroxyl groups is 1. The maximum atomic E-state index is 13.5. The van der Waals surface area contributed by atoms with Gasteiger partial charge in [0.2, 0.25) is 0 Å². The molecule has 0 aliphatic carbocycles. The van der Waals surface area contributed by atoms with Gasteiger partial charge in [-0.25, -0.2) is 8.78 Å². The van der Waals surface area contributed by atoms with Gasteiger partial charge in [0.25, 0.3) is 0 Å². The van der Waals surface area contributed by atoms with Crippen LogP contribution in [-0.2, 0) is 12.0 Å². The average molecular weight is 248 g/mol. The lowest BCUT2D eigenvalue weighted by Crippen LogP contribution is -2.24. The molecule has 0 amide bonds. The molecule has 0 heterocycles. The normalized spacial score (nSPS) is 14.2. The van der Waals surface area contributed by atoms with Gasteiger partial charge in [-0.2, -0.15) is 0 Å². The van der Waals surface area contributed by atoms with Crippen LogP contribution in [0.15, 0.2) is 48.5 Å². The Balaban J connectivity index is 2.28. The quantitative estimate of drug-likeness (QED) is 0.882. The highest BCUT2D eigenvalue weighted by Gasteiger charge is 2.24. The molecule has 0 radical (unpaired) electrons. The summed E-state index contributed by atoms with van der Waals surface area (Å²) in [5.41, 5.74) is -0.182. The van der Waals surface area contributed by atoms with Crippen molar-refractivity contribution in [1.82, 2.24) is 0 Å². The summed E-state index contributed by atoms with van der Waals surface area (Å²) in [4.78, 5) is 0. The summed E-state index contributed by atoms with van der Waals surface area (Å²) in [6, 6.07) is 12.4. The molecule has 0 aliphatic heterocycles. The second-order valence-corrected chi connectivity index (χ2v) is 4.55. The van der Waals surface area contributed by atoms with Crippen LogP contribution < -0.4 is 0 Å². The molecule has 18 heavy (non-hydrogen) atoms. The van der Waals surface area contributed by atoms with Crippen LogP contribution in [-0.4, -0.2) is 5.11 Å². The van der Waals surface area contributed by atoms with Crippen molar-refractivity contribution in [3.8, 4) is 0 Å². The summed E-state index contributed by atoms with van der Waals surface area (Å²) < 4.78 is 26.3. The highest BCUT2D eigenvalue weighted by Crippen LogP contribution is 2.26. The molecule has 2 rings (SSSR count). The van der Waals surface area contributed by atoms with Crippen molar-refractivity contribution in [3.63, 3.8) is 0 Å². The van der Waals surface area contributed by atoms with Crippen molar-refractivity contribution in [2.75, 3.05) is 0 Å². The number of rotatable bonds is 3. The van der Waals surface area contributed by atoms with E-state index in [1.165, 1.54) is 12.1 Å². The number of hydrogen-bond acceptors (Lipinski definition) is 1. The van der Waals surface area contributed by atoms with E-state index in [0.29, 0.717) is 11.1 Å². The predicted molar refractivity (Wildman–Crippen MR) is 66.1 cm³/mol. The molecule has 94 valence electrons. The highest BCUT2D eigenvalue weighted by atomic mass is 19.1. The standard InChI is InChI=1S/C15H14F2O/c1-15(18,12-5-3-2-4-6-12)10-11-7-8-13(16)9-14(11)17/h2-9,18H,10H2,1H3. The SMILES string of the molecule is CC(O)(Cc1ccc(F)cc1F)c1ccccc1. The molecule has 1 nitrogen and oxygen atoms in total. The van der Waals surface area contributed by atoms with Gasteiger partial charge in [0.1, 0.15) is 11.6 Å². The van der Waals surface area contributed by atoms with Gasteiger partial charge in [-0.1, -0.05) is 36.4 Å². The topological polar surface area (TPSA) is 20.2 Å². The minimum Gasteiger partial charge on any atom is -0.385 e. The Morgan fingerprint density at radius 1 is 1.06 bits per heavy atom. The van der Waals surface area contributed by atoms with Gasteiger partial charge < -0.3 is 5.11 Å². The largest absolute Gasteiger partial charge is 0.385 e. The lowest BCUT2D eigenvalue weighted by molar-refractivity contribution is 0.0566. The van der Waals surface area contributed by atoms with Crippen LogP contribution >= 0.6 is 0 Å². The first-order chi connectivity index (χ1) is 8.49. The third-order valence-electron chi connectivity index (χ3n) is 2.95. The molecule has 1 unspecified atom stereocenters. The minimum atomic E-state index is -1.18. The third kappa shape index (κ3) is 2.74. The molecule has 0 aliphatic rings. The van der Waals surface area contributed by atoms with Crippen molar-refractivity contribution in [3.05, 3.63) is 71.3 Å². The third-order valence-corrected chi connectivity index (χ3v) is 2.95. The van der Waals surface area contributed by atoms with Gasteiger partial charge in [-0.05, 0) is 24.1 Å². The Kier molecular flexibility index (Phi) is 3.43. The van der Waals surface area contributed by atoms with E-state index in [-0.39, 0.29) is 6.42 Å². The van der Waals surface area contributed by atoms with Crippen molar-refractivity contribution >= 4 is 0 Å². The number of halogens is 2. The summed E-state index contributed by atoms with van der Waals surface area (Å²) in [6.45, 7) is 1.62. The van der Waals surface area contributed by atoms with Gasteiger partial charge in [-0.3, -0.25) is 0 Å². The monoisotopic (exact) mass is 248 g/mol. The Morgan fingerprint density at radius 3 is 2.33 bits per heavy atom. The van der Waals surface area contributed by atoms with E-state index in [2.05, 4.69) is 0 Å². The van der Waals surface area contributed by atoms with Gasteiger partial charge in [-0.15, -0.1) is 0 Å². The highest BCUT2D eigenvalue weighted by molar-refractivity contribution is 5.27. The Morgan fingerprint density at radius 2 is 1.72 bits per heavy atom. The molecule has 1 atom stereocenters. The first-order valence-corrected chi connectivity index (χ1v) is 5.71. The zero-order valence-electron chi connectivity index (χ0n) is 10.0. The van der Waals surface area contributed by atoms with Crippen LogP contribution in [0.4, 0.5) is 8.78 Å². The molecule has 0 saturated heterocycles. The van der Waals surface area contributed by atoms with Gasteiger partial charge in [0, 0.05) is 12.5 Å². The summed E-state index contributed by atoms with van der Waals surface area (Å²) in [5.74, 6) is -1.25. The van der Waals surface area contributed by atoms with E-state index in [1.54, 1.807) is 19.1 Å². The van der Waals surface area contributed by atoms with Crippen molar-refractivity contribution in [2.45, 2.75) is 18.9 Å². The molecule has 0 aromatic heterocycles. The van der Waals surface area contributed by atoms with Crippen molar-refractivity contribution in [2.24, 2.45) is 0 Å². The van der Waals surface area contributed by atoms with Crippen LogP contribution in [0.2, 0.25) is 0 Å². The maximum absolute atomic E-state index is 13.5. The van der Waals surface area contributed by atoms with E-state index in [1.807, 2.05) is 18.2 Å². The lowest BCUT2D eigenvalue weighted by Gasteiger charge is -2.24. The molecule has 2 aromatic carbocycles. The molecule has 0 fully saturated rings. The Hall–Kier alpha value is -1.74. The summed E-state index contributed by atoms with van der Waals surface area (Å²) in [7, 11) is 0. The summed E-state index contributed by atoms with van der Waals surface area (Å²) in [6.07, 6.45) is 0.100. The second-order valence-electron chi connectivity index (χ2n) is 4.55. The molecule has 3 heteroatoms. The molecular formula is C15H14F2O. The molecular weight excluding hydrogens is 234 g/mol. The molecule has 1 N–H and O–H groups in total. The van der Waals surface area contributed by atoms with Crippen molar-refractivity contribution in [1.29, 1.82) is 0 Å². The molecule has 0 saturated carbocycles. The number of hydrogen-bond donors (Lipinski definition) is 1. The van der Waals surface area contributed by atoms with E-state index in [9.17, 15) is 13.9 Å². The molecule has 0 bridgehead atoms. The Bertz CT molecular complexity index is 535. The van der Waals surface area contributed by atoms with E-state index in [4.69, 9.17) is 0 Å². The summed E-state index contributed by atoms with van der Waals surface area (Å²) >= 11 is 0. The zero-order valence-corrected chi connectivity index (χ0v) is 10.0. The fraction of sp³-hybridized carbons (Fsp3) is 0.200. The second kappa shape index (κ2) is 4.86. The average Bonchev–Trinajstić information content (AvgIpc) is 2.34. The predicted octanol–water partition coefficient (Wildman–Crippen LogP) is 3.42. The van der Waals surface area contributed by atoms with Gasteiger partial charge in [0.15, 0.2) is 0 Å². The van der Waals surface area contributed by atoms with E-state index < -0.39 is 17.2 Å². The lowest BCUT2D eigenvalue weighted by atomic mass is 9.89. The Labute approximate surface area is 105 Å². The van der Waals surface area contributed by atoms with Crippen LogP contribution in [0.1, 0.15) is 18.1 Å². The van der Waals surface area contributed by atoms with Crippen LogP contribution in [0.25, 0.3) is 0 Å². The van der Waals surface area contributed by atoms with Gasteiger partial charge >= 0.3 is 0 Å². The van der Waals surface area contributed by atoms with E-state index in [0.717, 1.165) is 6.07 Å². The first-order valence-electron chi connectivity index (χ1n) is 5.71. The summed E-state index contributed by atoms with van der Waals surface area (Å²) in [5, 5.41) is 10.4. The fourth-order valence-electron chi connectivity index (χ4n) is 1.94. The number of benzene rings is 2.